The first-order valence-corrected chi connectivity index (χ1v) is 10.8. The highest BCUT2D eigenvalue weighted by Gasteiger charge is 2.30. The van der Waals surface area contributed by atoms with Crippen LogP contribution in [0.1, 0.15) is 43.7 Å². The molecule has 0 unspecified atom stereocenters. The number of likely N-dealkylation sites (tertiary alicyclic amines) is 1. The SMILES string of the molecule is CC(C)[C@@H](NCc1cc(O)cc(Cl)c1)C(=O)N1CCC(c2ccc(Cl)cc2)CC1.O. The fourth-order valence-corrected chi connectivity index (χ4v) is 4.31. The number of nitrogens with zero attached hydrogens (tertiary/aromatic N) is 1. The maximum atomic E-state index is 13.2. The maximum absolute atomic E-state index is 13.2. The minimum atomic E-state index is -0.275. The second kappa shape index (κ2) is 11.0. The lowest BCUT2D eigenvalue weighted by molar-refractivity contribution is -0.135. The molecule has 1 atom stereocenters. The van der Waals surface area contributed by atoms with Gasteiger partial charge in [-0.05, 0) is 66.1 Å². The highest BCUT2D eigenvalue weighted by Crippen LogP contribution is 2.29. The number of aromatic hydroxyl groups is 1. The molecule has 30 heavy (non-hydrogen) atoms. The number of phenols is 1. The Balaban J connectivity index is 0.00000320. The summed E-state index contributed by atoms with van der Waals surface area (Å²) in [5.41, 5.74) is 2.15. The summed E-state index contributed by atoms with van der Waals surface area (Å²) >= 11 is 12.0. The van der Waals surface area contributed by atoms with E-state index < -0.39 is 0 Å². The number of hydrogen-bond acceptors (Lipinski definition) is 3. The first-order valence-electron chi connectivity index (χ1n) is 10.1. The molecule has 0 bridgehead atoms. The van der Waals surface area contributed by atoms with Gasteiger partial charge in [-0.25, -0.2) is 0 Å². The molecule has 1 heterocycles. The van der Waals surface area contributed by atoms with Crippen LogP contribution < -0.4 is 5.32 Å². The van der Waals surface area contributed by atoms with Gasteiger partial charge in [0.05, 0.1) is 6.04 Å². The number of carbonyl (C=O) groups is 1. The lowest BCUT2D eigenvalue weighted by atomic mass is 9.89. The number of amides is 1. The van der Waals surface area contributed by atoms with E-state index in [0.717, 1.165) is 36.5 Å². The van der Waals surface area contributed by atoms with Crippen molar-refractivity contribution in [1.82, 2.24) is 10.2 Å². The average molecular weight is 453 g/mol. The first-order chi connectivity index (χ1) is 13.8. The Kier molecular flexibility index (Phi) is 8.98. The third kappa shape index (κ3) is 6.35. The normalized spacial score (nSPS) is 15.7. The summed E-state index contributed by atoms with van der Waals surface area (Å²) in [4.78, 5) is 15.1. The van der Waals surface area contributed by atoms with Crippen LogP contribution in [0.5, 0.6) is 5.75 Å². The molecule has 2 aromatic carbocycles. The molecular formula is C23H30Cl2N2O3. The molecular weight excluding hydrogens is 423 g/mol. The van der Waals surface area contributed by atoms with Crippen LogP contribution in [0.3, 0.4) is 0 Å². The van der Waals surface area contributed by atoms with Crippen LogP contribution in [0, 0.1) is 5.92 Å². The number of halogens is 2. The van der Waals surface area contributed by atoms with E-state index in [9.17, 15) is 9.90 Å². The molecule has 1 aliphatic rings. The summed E-state index contributed by atoms with van der Waals surface area (Å²) in [5, 5.41) is 14.3. The van der Waals surface area contributed by atoms with Gasteiger partial charge >= 0.3 is 0 Å². The van der Waals surface area contributed by atoms with Crippen molar-refractivity contribution < 1.29 is 15.4 Å². The zero-order valence-corrected chi connectivity index (χ0v) is 18.9. The van der Waals surface area contributed by atoms with Crippen molar-refractivity contribution in [1.29, 1.82) is 0 Å². The molecule has 5 nitrogen and oxygen atoms in total. The summed E-state index contributed by atoms with van der Waals surface area (Å²) in [5.74, 6) is 0.896. The highest BCUT2D eigenvalue weighted by atomic mass is 35.5. The van der Waals surface area contributed by atoms with Crippen molar-refractivity contribution in [2.45, 2.75) is 45.2 Å². The minimum absolute atomic E-state index is 0. The molecule has 1 saturated heterocycles. The number of benzene rings is 2. The highest BCUT2D eigenvalue weighted by molar-refractivity contribution is 6.31. The van der Waals surface area contributed by atoms with Crippen LogP contribution in [-0.2, 0) is 11.3 Å². The van der Waals surface area contributed by atoms with E-state index in [0.29, 0.717) is 17.5 Å². The molecule has 0 saturated carbocycles. The number of carbonyl (C=O) groups excluding carboxylic acids is 1. The van der Waals surface area contributed by atoms with Gasteiger partial charge in [-0.2, -0.15) is 0 Å². The van der Waals surface area contributed by atoms with E-state index in [2.05, 4.69) is 17.4 Å². The van der Waals surface area contributed by atoms with E-state index in [-0.39, 0.29) is 29.1 Å². The van der Waals surface area contributed by atoms with Crippen molar-refractivity contribution in [3.05, 3.63) is 63.6 Å². The lowest BCUT2D eigenvalue weighted by Gasteiger charge is -2.35. The van der Waals surface area contributed by atoms with Gasteiger partial charge in [0, 0.05) is 29.7 Å². The number of rotatable bonds is 6. The Bertz CT molecular complexity index is 815. The zero-order valence-electron chi connectivity index (χ0n) is 17.4. The van der Waals surface area contributed by atoms with Gasteiger partial charge < -0.3 is 20.8 Å². The number of piperidine rings is 1. The second-order valence-corrected chi connectivity index (χ2v) is 8.94. The summed E-state index contributed by atoms with van der Waals surface area (Å²) in [6.07, 6.45) is 1.92. The maximum Gasteiger partial charge on any atom is 0.239 e. The quantitative estimate of drug-likeness (QED) is 0.680. The Hall–Kier alpha value is -1.79. The largest absolute Gasteiger partial charge is 0.508 e. The smallest absolute Gasteiger partial charge is 0.239 e. The molecule has 7 heteroatoms. The molecule has 4 N–H and O–H groups in total. The molecule has 2 aromatic rings. The second-order valence-electron chi connectivity index (χ2n) is 8.07. The average Bonchev–Trinajstić information content (AvgIpc) is 2.68. The first kappa shape index (κ1) is 24.5. The van der Waals surface area contributed by atoms with E-state index in [4.69, 9.17) is 23.2 Å². The fourth-order valence-electron chi connectivity index (χ4n) is 3.94. The van der Waals surface area contributed by atoms with Gasteiger partial charge in [0.2, 0.25) is 5.91 Å². The van der Waals surface area contributed by atoms with Crippen LogP contribution in [0.4, 0.5) is 0 Å². The van der Waals surface area contributed by atoms with Crippen LogP contribution in [0.25, 0.3) is 0 Å². The Labute approximate surface area is 188 Å². The third-order valence-corrected chi connectivity index (χ3v) is 6.02. The van der Waals surface area contributed by atoms with Crippen molar-refractivity contribution >= 4 is 29.1 Å². The number of hydrogen-bond donors (Lipinski definition) is 2. The van der Waals surface area contributed by atoms with E-state index >= 15 is 0 Å². The van der Waals surface area contributed by atoms with Crippen LogP contribution in [-0.4, -0.2) is 40.5 Å². The third-order valence-electron chi connectivity index (χ3n) is 5.55. The molecule has 1 aliphatic heterocycles. The van der Waals surface area contributed by atoms with Crippen molar-refractivity contribution in [2.75, 3.05) is 13.1 Å². The Morgan fingerprint density at radius 2 is 1.73 bits per heavy atom. The molecule has 0 aromatic heterocycles. The summed E-state index contributed by atoms with van der Waals surface area (Å²) in [7, 11) is 0. The Morgan fingerprint density at radius 1 is 1.10 bits per heavy atom. The van der Waals surface area contributed by atoms with Crippen molar-refractivity contribution in [2.24, 2.45) is 5.92 Å². The van der Waals surface area contributed by atoms with Gasteiger partial charge in [0.1, 0.15) is 5.75 Å². The standard InChI is InChI=1S/C23H28Cl2N2O2.H2O/c1-15(2)22(26-14-16-11-20(25)13-21(28)12-16)23(29)27-9-7-18(8-10-27)17-3-5-19(24)6-4-17;/h3-6,11-13,15,18,22,26,28H,7-10,14H2,1-2H3;1H2/t22-;/m1./s1. The number of nitrogens with one attached hydrogen (secondary N) is 1. The van der Waals surface area contributed by atoms with Gasteiger partial charge in [0.25, 0.3) is 0 Å². The summed E-state index contributed by atoms with van der Waals surface area (Å²) in [6, 6.07) is 12.7. The van der Waals surface area contributed by atoms with Gasteiger partial charge in [-0.1, -0.05) is 49.2 Å². The van der Waals surface area contributed by atoms with Crippen molar-refractivity contribution in [3.63, 3.8) is 0 Å². The molecule has 1 fully saturated rings. The van der Waals surface area contributed by atoms with E-state index in [1.54, 1.807) is 12.1 Å². The molecule has 0 spiro atoms. The monoisotopic (exact) mass is 452 g/mol. The molecule has 3 rings (SSSR count). The van der Waals surface area contributed by atoms with Crippen LogP contribution >= 0.6 is 23.2 Å². The minimum Gasteiger partial charge on any atom is -0.508 e. The predicted molar refractivity (Wildman–Crippen MR) is 122 cm³/mol. The fraction of sp³-hybridized carbons (Fsp3) is 0.435. The predicted octanol–water partition coefficient (Wildman–Crippen LogP) is 4.39. The Morgan fingerprint density at radius 3 is 2.30 bits per heavy atom. The molecule has 0 radical (unpaired) electrons. The van der Waals surface area contributed by atoms with E-state index in [1.807, 2.05) is 30.9 Å². The molecule has 164 valence electrons. The summed E-state index contributed by atoms with van der Waals surface area (Å²) < 4.78 is 0. The zero-order chi connectivity index (χ0) is 21.0. The van der Waals surface area contributed by atoms with Gasteiger partial charge in [-0.3, -0.25) is 4.79 Å². The van der Waals surface area contributed by atoms with Gasteiger partial charge in [-0.15, -0.1) is 0 Å². The van der Waals surface area contributed by atoms with Crippen LogP contribution in [0.2, 0.25) is 10.0 Å². The van der Waals surface area contributed by atoms with E-state index in [1.165, 1.54) is 11.6 Å². The number of phenolic OH excluding ortho intramolecular Hbond substituents is 1. The molecule has 0 aliphatic carbocycles. The summed E-state index contributed by atoms with van der Waals surface area (Å²) in [6.45, 7) is 6.09. The van der Waals surface area contributed by atoms with Crippen LogP contribution in [0.15, 0.2) is 42.5 Å². The topological polar surface area (TPSA) is 84.1 Å². The van der Waals surface area contributed by atoms with Gasteiger partial charge in [0.15, 0.2) is 0 Å². The lowest BCUT2D eigenvalue weighted by Crippen LogP contribution is -2.51. The molecule has 1 amide bonds. The van der Waals surface area contributed by atoms with Crippen molar-refractivity contribution in [3.8, 4) is 5.75 Å².